The number of aliphatic imine (C=N–C) groups is 1. The number of guanidine groups is 1. The lowest BCUT2D eigenvalue weighted by Crippen LogP contribution is -2.34. The van der Waals surface area contributed by atoms with E-state index in [9.17, 15) is 8.78 Å². The third kappa shape index (κ3) is 5.26. The fraction of sp³-hybridized carbons (Fsp3) is 0.167. The Bertz CT molecular complexity index is 1020. The highest BCUT2D eigenvalue weighted by Gasteiger charge is 2.21. The van der Waals surface area contributed by atoms with Crippen molar-refractivity contribution in [2.75, 3.05) is 6.54 Å². The number of nitrogens with zero attached hydrogens (tertiary/aromatic N) is 4. The highest BCUT2D eigenvalue weighted by atomic mass is 35.5. The van der Waals surface area contributed by atoms with Crippen LogP contribution < -0.4 is 10.1 Å². The first-order chi connectivity index (χ1) is 13.9. The molecule has 0 atom stereocenters. The Balaban J connectivity index is 1.89. The van der Waals surface area contributed by atoms with E-state index < -0.39 is 6.61 Å². The molecule has 0 bridgehead atoms. The van der Waals surface area contributed by atoms with E-state index in [1.807, 2.05) is 0 Å². The van der Waals surface area contributed by atoms with Crippen LogP contribution in [-0.2, 0) is 0 Å². The van der Waals surface area contributed by atoms with Crippen LogP contribution >= 0.6 is 34.8 Å². The van der Waals surface area contributed by atoms with Crippen LogP contribution in [0.5, 0.6) is 5.75 Å². The van der Waals surface area contributed by atoms with Gasteiger partial charge in [-0.15, -0.1) is 0 Å². The predicted octanol–water partition coefficient (Wildman–Crippen LogP) is 5.42. The number of hydrazone groups is 1. The summed E-state index contributed by atoms with van der Waals surface area (Å²) in [5.41, 5.74) is 1.77. The summed E-state index contributed by atoms with van der Waals surface area (Å²) < 4.78 is 29.4. The first-order valence-electron chi connectivity index (χ1n) is 8.16. The number of hydrogen-bond acceptors (Lipinski definition) is 4. The van der Waals surface area contributed by atoms with Crippen LogP contribution in [0.2, 0.25) is 15.1 Å². The summed E-state index contributed by atoms with van der Waals surface area (Å²) in [5, 5.41) is 18.3. The molecule has 2 aromatic carbocycles. The summed E-state index contributed by atoms with van der Waals surface area (Å²) in [6.45, 7) is -2.59. The first kappa shape index (κ1) is 21.1. The molecule has 0 amide bonds. The molecule has 0 aliphatic carbocycles. The quantitative estimate of drug-likeness (QED) is 0.287. The molecule has 2 aromatic rings. The summed E-state index contributed by atoms with van der Waals surface area (Å²) >= 11 is 17.8. The molecule has 0 saturated heterocycles. The molecule has 11 heteroatoms. The Morgan fingerprint density at radius 1 is 1.17 bits per heavy atom. The summed E-state index contributed by atoms with van der Waals surface area (Å²) in [4.78, 5) is 4.27. The molecule has 1 N–H and O–H groups in total. The standard InChI is InChI=1S/C18H12Cl3F2N5O/c19-12-3-1-10(7-14(12)21)15-5-6-28(27-15)18(25-9-24)26-11-2-4-13(20)16(8-11)29-17(22)23/h1-4,7-8,17H,5-6H2,(H,25,26). The number of ether oxygens (including phenoxy) is 1. The maximum Gasteiger partial charge on any atom is 0.387 e. The average molecular weight is 459 g/mol. The summed E-state index contributed by atoms with van der Waals surface area (Å²) in [6, 6.07) is 9.28. The zero-order valence-electron chi connectivity index (χ0n) is 14.5. The van der Waals surface area contributed by atoms with Gasteiger partial charge >= 0.3 is 6.61 Å². The third-order valence-electron chi connectivity index (χ3n) is 3.83. The number of nitriles is 1. The van der Waals surface area contributed by atoms with Gasteiger partial charge in [0.2, 0.25) is 5.96 Å². The largest absolute Gasteiger partial charge is 0.433 e. The second kappa shape index (κ2) is 9.27. The lowest BCUT2D eigenvalue weighted by molar-refractivity contribution is -0.0497. The topological polar surface area (TPSA) is 73.0 Å². The average Bonchev–Trinajstić information content (AvgIpc) is 3.16. The van der Waals surface area contributed by atoms with E-state index >= 15 is 0 Å². The predicted molar refractivity (Wildman–Crippen MR) is 108 cm³/mol. The van der Waals surface area contributed by atoms with Gasteiger partial charge in [-0.05, 0) is 29.8 Å². The summed E-state index contributed by atoms with van der Waals surface area (Å²) in [5.74, 6) is -0.103. The highest BCUT2D eigenvalue weighted by molar-refractivity contribution is 6.42. The van der Waals surface area contributed by atoms with Crippen molar-refractivity contribution < 1.29 is 13.5 Å². The van der Waals surface area contributed by atoms with E-state index in [4.69, 9.17) is 40.1 Å². The van der Waals surface area contributed by atoms with Gasteiger partial charge in [0.1, 0.15) is 5.75 Å². The summed E-state index contributed by atoms with van der Waals surface area (Å²) in [6.07, 6.45) is 2.36. The van der Waals surface area contributed by atoms with Crippen LogP contribution in [0, 0.1) is 11.5 Å². The van der Waals surface area contributed by atoms with Gasteiger partial charge in [-0.3, -0.25) is 5.32 Å². The molecular weight excluding hydrogens is 447 g/mol. The lowest BCUT2D eigenvalue weighted by atomic mass is 10.1. The number of rotatable bonds is 4. The maximum atomic E-state index is 12.5. The minimum absolute atomic E-state index is 0.0140. The highest BCUT2D eigenvalue weighted by Crippen LogP contribution is 2.31. The van der Waals surface area contributed by atoms with Crippen molar-refractivity contribution >= 4 is 52.2 Å². The number of benzene rings is 2. The van der Waals surface area contributed by atoms with Gasteiger partial charge in [0.25, 0.3) is 0 Å². The minimum Gasteiger partial charge on any atom is -0.433 e. The number of hydrogen-bond donors (Lipinski definition) is 1. The third-order valence-corrected chi connectivity index (χ3v) is 4.88. The molecule has 150 valence electrons. The van der Waals surface area contributed by atoms with Crippen LogP contribution in [0.4, 0.5) is 14.5 Å². The number of alkyl halides is 2. The molecule has 0 saturated carbocycles. The molecule has 1 aliphatic heterocycles. The van der Waals surface area contributed by atoms with E-state index in [0.717, 1.165) is 11.3 Å². The van der Waals surface area contributed by atoms with Crippen LogP contribution in [-0.4, -0.2) is 29.8 Å². The van der Waals surface area contributed by atoms with E-state index in [1.54, 1.807) is 24.4 Å². The van der Waals surface area contributed by atoms with Crippen molar-refractivity contribution in [1.29, 1.82) is 5.26 Å². The monoisotopic (exact) mass is 457 g/mol. The van der Waals surface area contributed by atoms with Crippen molar-refractivity contribution in [3.8, 4) is 11.9 Å². The van der Waals surface area contributed by atoms with Gasteiger partial charge in [0.15, 0.2) is 6.19 Å². The molecule has 0 fully saturated rings. The van der Waals surface area contributed by atoms with Crippen LogP contribution in [0.25, 0.3) is 0 Å². The Hall–Kier alpha value is -2.60. The zero-order valence-corrected chi connectivity index (χ0v) is 16.8. The van der Waals surface area contributed by atoms with E-state index in [1.165, 1.54) is 23.2 Å². The molecule has 1 aliphatic rings. The minimum atomic E-state index is -3.03. The van der Waals surface area contributed by atoms with Gasteiger partial charge in [-0.1, -0.05) is 40.9 Å². The Labute approximate surface area is 179 Å². The number of halogens is 5. The molecule has 29 heavy (non-hydrogen) atoms. The van der Waals surface area contributed by atoms with Gasteiger partial charge < -0.3 is 4.74 Å². The normalized spacial score (nSPS) is 14.0. The van der Waals surface area contributed by atoms with Crippen LogP contribution in [0.3, 0.4) is 0 Å². The Kier molecular flexibility index (Phi) is 6.75. The SMILES string of the molecule is N#CNC(=Nc1ccc(Cl)c(OC(F)F)c1)N1CCC(c2ccc(Cl)c(Cl)c2)=N1. The Morgan fingerprint density at radius 2 is 1.93 bits per heavy atom. The van der Waals surface area contributed by atoms with E-state index in [2.05, 4.69) is 20.1 Å². The molecule has 0 aromatic heterocycles. The van der Waals surface area contributed by atoms with Crippen molar-refractivity contribution in [3.05, 3.63) is 57.0 Å². The van der Waals surface area contributed by atoms with Gasteiger partial charge in [0, 0.05) is 12.5 Å². The number of nitrogens with one attached hydrogen (secondary N) is 1. The lowest BCUT2D eigenvalue weighted by Gasteiger charge is -2.14. The fourth-order valence-electron chi connectivity index (χ4n) is 2.56. The van der Waals surface area contributed by atoms with E-state index in [-0.39, 0.29) is 22.4 Å². The molecule has 1 heterocycles. The molecule has 0 spiro atoms. The molecule has 0 unspecified atom stereocenters. The molecule has 0 radical (unpaired) electrons. The van der Waals surface area contributed by atoms with Crippen LogP contribution in [0.1, 0.15) is 12.0 Å². The summed E-state index contributed by atoms with van der Waals surface area (Å²) in [7, 11) is 0. The maximum absolute atomic E-state index is 12.5. The second-order valence-corrected chi connectivity index (χ2v) is 6.94. The first-order valence-corrected chi connectivity index (χ1v) is 9.29. The van der Waals surface area contributed by atoms with Crippen molar-refractivity contribution in [2.45, 2.75) is 13.0 Å². The fourth-order valence-corrected chi connectivity index (χ4v) is 3.02. The smallest absolute Gasteiger partial charge is 0.387 e. The van der Waals surface area contributed by atoms with Gasteiger partial charge in [0.05, 0.1) is 33.0 Å². The van der Waals surface area contributed by atoms with Crippen LogP contribution in [0.15, 0.2) is 46.5 Å². The van der Waals surface area contributed by atoms with E-state index in [0.29, 0.717) is 23.0 Å². The molecular formula is C18H12Cl3F2N5O. The van der Waals surface area contributed by atoms with Crippen molar-refractivity contribution in [1.82, 2.24) is 10.3 Å². The molecule has 6 nitrogen and oxygen atoms in total. The van der Waals surface area contributed by atoms with Crippen molar-refractivity contribution in [3.63, 3.8) is 0 Å². The zero-order chi connectivity index (χ0) is 21.0. The van der Waals surface area contributed by atoms with Gasteiger partial charge in [-0.2, -0.15) is 19.1 Å². The van der Waals surface area contributed by atoms with Crippen molar-refractivity contribution in [2.24, 2.45) is 10.1 Å². The second-order valence-electron chi connectivity index (χ2n) is 5.71. The Morgan fingerprint density at radius 3 is 2.62 bits per heavy atom. The van der Waals surface area contributed by atoms with Gasteiger partial charge in [-0.25, -0.2) is 10.0 Å². The molecule has 3 rings (SSSR count).